The molecule has 18 heavy (non-hydrogen) atoms. The average Bonchev–Trinajstić information content (AvgIpc) is 2.32. The van der Waals surface area contributed by atoms with Crippen LogP contribution in [0.5, 0.6) is 0 Å². The summed E-state index contributed by atoms with van der Waals surface area (Å²) in [5, 5.41) is 3.64. The molecule has 1 aromatic rings. The summed E-state index contributed by atoms with van der Waals surface area (Å²) in [6, 6.07) is 7.37. The Bertz CT molecular complexity index is 403. The van der Waals surface area contributed by atoms with E-state index in [-0.39, 0.29) is 0 Å². The number of piperazine rings is 1. The zero-order valence-corrected chi connectivity index (χ0v) is 13.7. The van der Waals surface area contributed by atoms with Crippen LogP contribution in [0.1, 0.15) is 25.8 Å². The number of anilines is 1. The van der Waals surface area contributed by atoms with Gasteiger partial charge >= 0.3 is 0 Å². The van der Waals surface area contributed by atoms with Crippen LogP contribution in [0.25, 0.3) is 0 Å². The summed E-state index contributed by atoms with van der Waals surface area (Å²) in [6.07, 6.45) is 1.26. The monoisotopic (exact) mass is 358 g/mol. The number of halogens is 1. The van der Waals surface area contributed by atoms with Crippen molar-refractivity contribution in [3.05, 3.63) is 27.3 Å². The lowest BCUT2D eigenvalue weighted by atomic mass is 10.0. The van der Waals surface area contributed by atoms with Crippen molar-refractivity contribution in [1.82, 2.24) is 5.32 Å². The van der Waals surface area contributed by atoms with Crippen LogP contribution in [0.2, 0.25) is 0 Å². The molecule has 1 fully saturated rings. The zero-order chi connectivity index (χ0) is 13.1. The van der Waals surface area contributed by atoms with Crippen molar-refractivity contribution >= 4 is 28.3 Å². The summed E-state index contributed by atoms with van der Waals surface area (Å²) >= 11 is 2.40. The van der Waals surface area contributed by atoms with Crippen LogP contribution in [0, 0.1) is 16.4 Å². The topological polar surface area (TPSA) is 15.3 Å². The molecule has 1 saturated heterocycles. The standard InChI is InChI=1S/C15H23IN2/c1-11(2)8-14-10-18(7-6-17-14)15-9-13(16)5-4-12(15)3/h4-5,9,11,14,17H,6-8,10H2,1-3H3. The molecule has 1 unspecified atom stereocenters. The molecule has 1 atom stereocenters. The van der Waals surface area contributed by atoms with Gasteiger partial charge in [-0.05, 0) is 59.5 Å². The number of nitrogens with one attached hydrogen (secondary N) is 1. The van der Waals surface area contributed by atoms with Crippen LogP contribution < -0.4 is 10.2 Å². The maximum absolute atomic E-state index is 3.64. The molecular formula is C15H23IN2. The Morgan fingerprint density at radius 1 is 1.44 bits per heavy atom. The summed E-state index contributed by atoms with van der Waals surface area (Å²) in [5.41, 5.74) is 2.80. The second-order valence-corrected chi connectivity index (χ2v) is 6.90. The molecule has 1 aliphatic rings. The fraction of sp³-hybridized carbons (Fsp3) is 0.600. The summed E-state index contributed by atoms with van der Waals surface area (Å²) in [6.45, 7) is 10.2. The molecule has 3 heteroatoms. The average molecular weight is 358 g/mol. The lowest BCUT2D eigenvalue weighted by Crippen LogP contribution is -2.51. The second kappa shape index (κ2) is 6.24. The Hall–Kier alpha value is -0.290. The Morgan fingerprint density at radius 3 is 2.94 bits per heavy atom. The van der Waals surface area contributed by atoms with Crippen LogP contribution in [0.3, 0.4) is 0 Å². The summed E-state index contributed by atoms with van der Waals surface area (Å²) in [5.74, 6) is 0.763. The first-order valence-electron chi connectivity index (χ1n) is 6.80. The van der Waals surface area contributed by atoms with Gasteiger partial charge in [-0.15, -0.1) is 0 Å². The third-order valence-corrected chi connectivity index (χ3v) is 4.19. The van der Waals surface area contributed by atoms with Gasteiger partial charge in [0, 0.05) is 34.9 Å². The van der Waals surface area contributed by atoms with E-state index in [0.29, 0.717) is 6.04 Å². The van der Waals surface area contributed by atoms with E-state index >= 15 is 0 Å². The van der Waals surface area contributed by atoms with Crippen LogP contribution in [-0.2, 0) is 0 Å². The van der Waals surface area contributed by atoms with Gasteiger partial charge in [0.2, 0.25) is 0 Å². The van der Waals surface area contributed by atoms with Crippen LogP contribution in [0.15, 0.2) is 18.2 Å². The van der Waals surface area contributed by atoms with Crippen molar-refractivity contribution in [1.29, 1.82) is 0 Å². The molecule has 100 valence electrons. The number of aryl methyl sites for hydroxylation is 1. The van der Waals surface area contributed by atoms with Gasteiger partial charge in [-0.2, -0.15) is 0 Å². The molecule has 0 bridgehead atoms. The van der Waals surface area contributed by atoms with Gasteiger partial charge in [-0.1, -0.05) is 19.9 Å². The first kappa shape index (κ1) is 14.1. The van der Waals surface area contributed by atoms with Crippen LogP contribution in [0.4, 0.5) is 5.69 Å². The number of nitrogens with zero attached hydrogens (tertiary/aromatic N) is 1. The molecule has 1 aliphatic heterocycles. The Kier molecular flexibility index (Phi) is 4.90. The number of hydrogen-bond donors (Lipinski definition) is 1. The highest BCUT2D eigenvalue weighted by atomic mass is 127. The van der Waals surface area contributed by atoms with E-state index in [1.165, 1.54) is 21.2 Å². The minimum atomic E-state index is 0.635. The van der Waals surface area contributed by atoms with Gasteiger partial charge in [-0.25, -0.2) is 0 Å². The van der Waals surface area contributed by atoms with Gasteiger partial charge in [0.1, 0.15) is 0 Å². The van der Waals surface area contributed by atoms with Crippen molar-refractivity contribution in [3.8, 4) is 0 Å². The van der Waals surface area contributed by atoms with E-state index < -0.39 is 0 Å². The van der Waals surface area contributed by atoms with E-state index in [1.807, 2.05) is 0 Å². The Morgan fingerprint density at radius 2 is 2.22 bits per heavy atom. The van der Waals surface area contributed by atoms with Gasteiger partial charge in [-0.3, -0.25) is 0 Å². The quantitative estimate of drug-likeness (QED) is 0.833. The molecule has 1 N–H and O–H groups in total. The molecule has 0 aromatic heterocycles. The first-order chi connectivity index (χ1) is 8.56. The first-order valence-corrected chi connectivity index (χ1v) is 7.88. The van der Waals surface area contributed by atoms with Gasteiger partial charge in [0.05, 0.1) is 0 Å². The molecule has 2 rings (SSSR count). The van der Waals surface area contributed by atoms with Crippen molar-refractivity contribution in [2.24, 2.45) is 5.92 Å². The molecule has 0 radical (unpaired) electrons. The molecular weight excluding hydrogens is 335 g/mol. The highest BCUT2D eigenvalue weighted by molar-refractivity contribution is 14.1. The highest BCUT2D eigenvalue weighted by Gasteiger charge is 2.21. The molecule has 1 aromatic carbocycles. The van der Waals surface area contributed by atoms with E-state index in [0.717, 1.165) is 25.6 Å². The maximum atomic E-state index is 3.64. The maximum Gasteiger partial charge on any atom is 0.0407 e. The predicted octanol–water partition coefficient (Wildman–Crippen LogP) is 3.42. The smallest absolute Gasteiger partial charge is 0.0407 e. The third kappa shape index (κ3) is 3.60. The van der Waals surface area contributed by atoms with Crippen molar-refractivity contribution in [2.75, 3.05) is 24.5 Å². The number of hydrogen-bond acceptors (Lipinski definition) is 2. The van der Waals surface area contributed by atoms with E-state index in [4.69, 9.17) is 0 Å². The minimum absolute atomic E-state index is 0.635. The summed E-state index contributed by atoms with van der Waals surface area (Å²) < 4.78 is 1.33. The fourth-order valence-corrected chi connectivity index (χ4v) is 3.17. The summed E-state index contributed by atoms with van der Waals surface area (Å²) in [4.78, 5) is 2.54. The van der Waals surface area contributed by atoms with E-state index in [9.17, 15) is 0 Å². The van der Waals surface area contributed by atoms with Gasteiger partial charge < -0.3 is 10.2 Å². The fourth-order valence-electron chi connectivity index (χ4n) is 2.69. The van der Waals surface area contributed by atoms with Gasteiger partial charge in [0.25, 0.3) is 0 Å². The Balaban J connectivity index is 2.10. The van der Waals surface area contributed by atoms with E-state index in [1.54, 1.807) is 0 Å². The highest BCUT2D eigenvalue weighted by Crippen LogP contribution is 2.24. The van der Waals surface area contributed by atoms with Crippen molar-refractivity contribution < 1.29 is 0 Å². The molecule has 2 nitrogen and oxygen atoms in total. The minimum Gasteiger partial charge on any atom is -0.368 e. The zero-order valence-electron chi connectivity index (χ0n) is 11.5. The van der Waals surface area contributed by atoms with E-state index in [2.05, 4.69) is 71.8 Å². The molecule has 0 spiro atoms. The third-order valence-electron chi connectivity index (χ3n) is 3.52. The molecule has 1 heterocycles. The lowest BCUT2D eigenvalue weighted by molar-refractivity contribution is 0.388. The largest absolute Gasteiger partial charge is 0.368 e. The predicted molar refractivity (Wildman–Crippen MR) is 87.4 cm³/mol. The van der Waals surface area contributed by atoms with Crippen LogP contribution in [-0.4, -0.2) is 25.7 Å². The molecule has 0 saturated carbocycles. The van der Waals surface area contributed by atoms with Crippen molar-refractivity contribution in [2.45, 2.75) is 33.2 Å². The van der Waals surface area contributed by atoms with Gasteiger partial charge in [0.15, 0.2) is 0 Å². The summed E-state index contributed by atoms with van der Waals surface area (Å²) in [7, 11) is 0. The lowest BCUT2D eigenvalue weighted by Gasteiger charge is -2.37. The van der Waals surface area contributed by atoms with Crippen molar-refractivity contribution in [3.63, 3.8) is 0 Å². The van der Waals surface area contributed by atoms with Crippen LogP contribution >= 0.6 is 22.6 Å². The number of benzene rings is 1. The SMILES string of the molecule is Cc1ccc(I)cc1N1CCNC(CC(C)C)C1. The second-order valence-electron chi connectivity index (χ2n) is 5.66. The molecule has 0 aliphatic carbocycles. The molecule has 0 amide bonds. The normalized spacial score (nSPS) is 20.5. The number of rotatable bonds is 3. The Labute approximate surface area is 124 Å².